The van der Waals surface area contributed by atoms with Gasteiger partial charge >= 0.3 is 12.2 Å². The topological polar surface area (TPSA) is 52.6 Å². The van der Waals surface area contributed by atoms with Gasteiger partial charge in [0, 0.05) is 18.3 Å². The summed E-state index contributed by atoms with van der Waals surface area (Å²) in [5.41, 5.74) is -1.62. The van der Waals surface area contributed by atoms with E-state index in [1.165, 1.54) is 11.8 Å². The van der Waals surface area contributed by atoms with Crippen molar-refractivity contribution in [1.29, 1.82) is 0 Å². The van der Waals surface area contributed by atoms with Gasteiger partial charge in [0.1, 0.15) is 5.82 Å². The molecule has 0 aliphatic heterocycles. The third-order valence-electron chi connectivity index (χ3n) is 2.87. The minimum Gasteiger partial charge on any atom is -0.392 e. The molecule has 0 spiro atoms. The Kier molecular flexibility index (Phi) is 5.76. The average molecular weight is 322 g/mol. The van der Waals surface area contributed by atoms with Gasteiger partial charge < -0.3 is 15.3 Å². The third-order valence-corrected chi connectivity index (χ3v) is 2.87. The van der Waals surface area contributed by atoms with Crippen molar-refractivity contribution in [2.45, 2.75) is 39.1 Å². The molecule has 0 aliphatic rings. The van der Waals surface area contributed by atoms with Gasteiger partial charge in [0.05, 0.1) is 11.7 Å². The van der Waals surface area contributed by atoms with Crippen molar-refractivity contribution < 1.29 is 27.5 Å². The Balaban J connectivity index is 2.96. The molecule has 0 aliphatic carbocycles. The number of urea groups is 1. The maximum Gasteiger partial charge on any atom is 0.419 e. The molecule has 22 heavy (non-hydrogen) atoms. The number of hydrogen-bond donors (Lipinski definition) is 2. The summed E-state index contributed by atoms with van der Waals surface area (Å²) in [7, 11) is 0. The summed E-state index contributed by atoms with van der Waals surface area (Å²) in [5.74, 6) is -1.41. The van der Waals surface area contributed by atoms with Crippen molar-refractivity contribution in [3.63, 3.8) is 0 Å². The van der Waals surface area contributed by atoms with Gasteiger partial charge in [0.25, 0.3) is 0 Å². The Bertz CT molecular complexity index is 530. The number of aliphatic hydroxyl groups is 1. The van der Waals surface area contributed by atoms with Crippen LogP contribution in [0.1, 0.15) is 26.3 Å². The number of amides is 2. The number of halogens is 4. The first kappa shape index (κ1) is 18.2. The van der Waals surface area contributed by atoms with E-state index in [1.54, 1.807) is 13.8 Å². The van der Waals surface area contributed by atoms with Crippen LogP contribution in [-0.2, 0) is 6.18 Å². The lowest BCUT2D eigenvalue weighted by atomic mass is 10.2. The molecule has 0 heterocycles. The summed E-state index contributed by atoms with van der Waals surface area (Å²) < 4.78 is 51.1. The second kappa shape index (κ2) is 6.95. The van der Waals surface area contributed by atoms with Crippen LogP contribution in [0.5, 0.6) is 0 Å². The molecule has 0 bridgehead atoms. The number of benzene rings is 1. The van der Waals surface area contributed by atoms with Crippen LogP contribution in [0.15, 0.2) is 18.2 Å². The van der Waals surface area contributed by atoms with Crippen molar-refractivity contribution in [2.24, 2.45) is 0 Å². The lowest BCUT2D eigenvalue weighted by Gasteiger charge is -2.28. The zero-order chi connectivity index (χ0) is 17.1. The van der Waals surface area contributed by atoms with E-state index in [1.807, 2.05) is 0 Å². The molecule has 0 radical (unpaired) electrons. The van der Waals surface area contributed by atoms with E-state index in [2.05, 4.69) is 5.32 Å². The first-order chi connectivity index (χ1) is 10.0. The number of carbonyl (C=O) groups excluding carboxylic acids is 1. The monoisotopic (exact) mass is 322 g/mol. The van der Waals surface area contributed by atoms with Crippen molar-refractivity contribution in [2.75, 3.05) is 11.9 Å². The molecule has 8 heteroatoms. The van der Waals surface area contributed by atoms with Gasteiger partial charge in [-0.15, -0.1) is 0 Å². The van der Waals surface area contributed by atoms with Gasteiger partial charge in [0.15, 0.2) is 0 Å². The van der Waals surface area contributed by atoms with Gasteiger partial charge in [-0.3, -0.25) is 0 Å². The van der Waals surface area contributed by atoms with E-state index in [-0.39, 0.29) is 18.3 Å². The largest absolute Gasteiger partial charge is 0.419 e. The summed E-state index contributed by atoms with van der Waals surface area (Å²) in [5, 5.41) is 11.6. The van der Waals surface area contributed by atoms with Crippen LogP contribution in [0.4, 0.5) is 28.0 Å². The predicted molar refractivity (Wildman–Crippen MR) is 73.9 cm³/mol. The molecule has 124 valence electrons. The summed E-state index contributed by atoms with van der Waals surface area (Å²) in [6, 6.07) is 1.29. The molecule has 1 atom stereocenters. The fourth-order valence-electron chi connectivity index (χ4n) is 1.83. The highest BCUT2D eigenvalue weighted by Gasteiger charge is 2.34. The number of nitrogens with one attached hydrogen (secondary N) is 1. The Hall–Kier alpha value is -1.83. The molecule has 1 aromatic carbocycles. The average Bonchev–Trinajstić information content (AvgIpc) is 2.36. The zero-order valence-corrected chi connectivity index (χ0v) is 12.4. The van der Waals surface area contributed by atoms with Crippen LogP contribution in [0, 0.1) is 5.82 Å². The molecule has 0 aromatic heterocycles. The Morgan fingerprint density at radius 1 is 1.32 bits per heavy atom. The number of nitrogens with zero attached hydrogens (tertiary/aromatic N) is 1. The molecule has 2 N–H and O–H groups in total. The van der Waals surface area contributed by atoms with Crippen LogP contribution in [-0.4, -0.2) is 34.7 Å². The number of hydrogen-bond acceptors (Lipinski definition) is 2. The molecule has 0 saturated heterocycles. The first-order valence-electron chi connectivity index (χ1n) is 6.64. The standard InChI is InChI=1S/C14H18F4N2O2/c1-8(2)20(7-9(3)21)13(22)19-10-4-5-12(15)11(6-10)14(16,17)18/h4-6,8-9,21H,7H2,1-3H3,(H,19,22). The summed E-state index contributed by atoms with van der Waals surface area (Å²) in [4.78, 5) is 13.3. The lowest BCUT2D eigenvalue weighted by molar-refractivity contribution is -0.139. The minimum absolute atomic E-state index is 0.0246. The van der Waals surface area contributed by atoms with Crippen molar-refractivity contribution in [1.82, 2.24) is 4.90 Å². The maximum atomic E-state index is 13.2. The summed E-state index contributed by atoms with van der Waals surface area (Å²) in [6.07, 6.45) is -5.63. The lowest BCUT2D eigenvalue weighted by Crippen LogP contribution is -2.43. The molecule has 1 rings (SSSR count). The summed E-state index contributed by atoms with van der Waals surface area (Å²) >= 11 is 0. The van der Waals surface area contributed by atoms with Crippen LogP contribution in [0.3, 0.4) is 0 Å². The highest BCUT2D eigenvalue weighted by atomic mass is 19.4. The Labute approximate surface area is 125 Å². The molecule has 0 fully saturated rings. The van der Waals surface area contributed by atoms with Gasteiger partial charge in [-0.05, 0) is 39.0 Å². The quantitative estimate of drug-likeness (QED) is 0.834. The van der Waals surface area contributed by atoms with Gasteiger partial charge in [0.2, 0.25) is 0 Å². The van der Waals surface area contributed by atoms with Gasteiger partial charge in [-0.1, -0.05) is 0 Å². The number of alkyl halides is 3. The SMILES string of the molecule is CC(O)CN(C(=O)Nc1ccc(F)c(C(F)(F)F)c1)C(C)C. The van der Waals surface area contributed by atoms with Crippen LogP contribution in [0.25, 0.3) is 0 Å². The molecule has 2 amide bonds. The predicted octanol–water partition coefficient (Wildman–Crippen LogP) is 3.47. The van der Waals surface area contributed by atoms with E-state index in [4.69, 9.17) is 0 Å². The van der Waals surface area contributed by atoms with E-state index >= 15 is 0 Å². The van der Waals surface area contributed by atoms with Crippen LogP contribution >= 0.6 is 0 Å². The molecule has 1 aromatic rings. The second-order valence-corrected chi connectivity index (χ2v) is 5.22. The third kappa shape index (κ3) is 4.87. The van der Waals surface area contributed by atoms with E-state index in [0.29, 0.717) is 12.1 Å². The van der Waals surface area contributed by atoms with E-state index in [0.717, 1.165) is 6.07 Å². The molecule has 4 nitrogen and oxygen atoms in total. The van der Waals surface area contributed by atoms with Crippen molar-refractivity contribution >= 4 is 11.7 Å². The van der Waals surface area contributed by atoms with Gasteiger partial charge in [-0.2, -0.15) is 13.2 Å². The van der Waals surface area contributed by atoms with Crippen LogP contribution < -0.4 is 5.32 Å². The number of carbonyl (C=O) groups is 1. The molecular weight excluding hydrogens is 304 g/mol. The van der Waals surface area contributed by atoms with Crippen molar-refractivity contribution in [3.05, 3.63) is 29.6 Å². The number of rotatable bonds is 4. The van der Waals surface area contributed by atoms with Gasteiger partial charge in [-0.25, -0.2) is 9.18 Å². The molecule has 0 saturated carbocycles. The number of anilines is 1. The molecular formula is C14H18F4N2O2. The Morgan fingerprint density at radius 3 is 2.36 bits per heavy atom. The number of aliphatic hydroxyl groups excluding tert-OH is 1. The zero-order valence-electron chi connectivity index (χ0n) is 12.4. The first-order valence-corrected chi connectivity index (χ1v) is 6.64. The second-order valence-electron chi connectivity index (χ2n) is 5.22. The van der Waals surface area contributed by atoms with Crippen LogP contribution in [0.2, 0.25) is 0 Å². The van der Waals surface area contributed by atoms with E-state index in [9.17, 15) is 27.5 Å². The summed E-state index contributed by atoms with van der Waals surface area (Å²) in [6.45, 7) is 4.92. The highest BCUT2D eigenvalue weighted by molar-refractivity contribution is 5.89. The fourth-order valence-corrected chi connectivity index (χ4v) is 1.83. The normalized spacial score (nSPS) is 13.1. The fraction of sp³-hybridized carbons (Fsp3) is 0.500. The smallest absolute Gasteiger partial charge is 0.392 e. The molecule has 1 unspecified atom stereocenters. The minimum atomic E-state index is -4.85. The van der Waals surface area contributed by atoms with Crippen molar-refractivity contribution in [3.8, 4) is 0 Å². The maximum absolute atomic E-state index is 13.2. The van der Waals surface area contributed by atoms with E-state index < -0.39 is 29.7 Å². The Morgan fingerprint density at radius 2 is 1.91 bits per heavy atom. The highest BCUT2D eigenvalue weighted by Crippen LogP contribution is 2.33.